The summed E-state index contributed by atoms with van der Waals surface area (Å²) in [5, 5.41) is 24.5. The van der Waals surface area contributed by atoms with Crippen molar-refractivity contribution in [3.63, 3.8) is 0 Å². The Bertz CT molecular complexity index is 1370. The number of aliphatic hydroxyl groups excluding tert-OH is 1. The molecule has 4 aromatic rings. The molecule has 0 spiro atoms. The maximum Gasteiger partial charge on any atom is 0.271 e. The van der Waals surface area contributed by atoms with Gasteiger partial charge in [-0.1, -0.05) is 12.1 Å². The molecule has 0 bridgehead atoms. The van der Waals surface area contributed by atoms with Gasteiger partial charge >= 0.3 is 0 Å². The first-order chi connectivity index (χ1) is 18.5. The summed E-state index contributed by atoms with van der Waals surface area (Å²) < 4.78 is 1.93. The Kier molecular flexibility index (Phi) is 7.47. The van der Waals surface area contributed by atoms with Crippen LogP contribution in [0.3, 0.4) is 0 Å². The van der Waals surface area contributed by atoms with Crippen LogP contribution in [0.15, 0.2) is 73.3 Å². The van der Waals surface area contributed by atoms with E-state index in [9.17, 15) is 9.90 Å². The van der Waals surface area contributed by atoms with Crippen molar-refractivity contribution in [2.45, 2.75) is 19.7 Å². The van der Waals surface area contributed by atoms with Crippen LogP contribution in [0.1, 0.15) is 23.0 Å². The van der Waals surface area contributed by atoms with Crippen LogP contribution in [-0.4, -0.2) is 68.1 Å². The largest absolute Gasteiger partial charge is 0.379 e. The number of hydrogen-bond donors (Lipinski definition) is 4. The van der Waals surface area contributed by atoms with Crippen molar-refractivity contribution in [3.05, 3.63) is 84.6 Å². The van der Waals surface area contributed by atoms with E-state index in [-0.39, 0.29) is 5.69 Å². The molecule has 1 unspecified atom stereocenters. The predicted molar refractivity (Wildman–Crippen MR) is 147 cm³/mol. The zero-order chi connectivity index (χ0) is 26.5. The lowest BCUT2D eigenvalue weighted by atomic mass is 10.2. The molecular formula is C27H31N9O2. The number of nitrogens with zero attached hydrogens (tertiary/aromatic N) is 6. The second-order valence-electron chi connectivity index (χ2n) is 9.18. The lowest BCUT2D eigenvalue weighted by molar-refractivity contribution is 0.0153. The summed E-state index contributed by atoms with van der Waals surface area (Å²) >= 11 is 0. The fourth-order valence-electron chi connectivity index (χ4n) is 4.46. The summed E-state index contributed by atoms with van der Waals surface area (Å²) in [6.07, 6.45) is 4.94. The van der Waals surface area contributed by atoms with E-state index < -0.39 is 12.1 Å². The molecule has 5 rings (SSSR count). The minimum atomic E-state index is -0.654. The summed E-state index contributed by atoms with van der Waals surface area (Å²) in [5.74, 6) is -0.165. The van der Waals surface area contributed by atoms with E-state index >= 15 is 0 Å². The van der Waals surface area contributed by atoms with E-state index in [1.165, 1.54) is 0 Å². The van der Waals surface area contributed by atoms with E-state index in [2.05, 4.69) is 47.7 Å². The number of amides is 1. The molecule has 1 saturated heterocycles. The SMILES string of the molecule is CC(O)N1CCN(c2ccc(Nc3cc(NCc4cccc(-n5ccnc5)c4)c(C(N)=O)nn3)cc2)CC1. The van der Waals surface area contributed by atoms with Crippen molar-refractivity contribution >= 4 is 28.8 Å². The number of hydrogen-bond acceptors (Lipinski definition) is 9. The van der Waals surface area contributed by atoms with Crippen molar-refractivity contribution < 1.29 is 9.90 Å². The molecule has 1 fully saturated rings. The molecule has 5 N–H and O–H groups in total. The highest BCUT2D eigenvalue weighted by Gasteiger charge is 2.20. The highest BCUT2D eigenvalue weighted by molar-refractivity contribution is 5.96. The standard InChI is InChI=1S/C27H31N9O2/c1-19(37)34-11-13-35(14-12-34)22-7-5-21(6-8-22)31-25-16-24(26(27(28)38)33-32-25)30-17-20-3-2-4-23(15-20)36-10-9-29-18-36/h2-10,15-16,18-19,37H,11-14,17H2,1H3,(H2,28,38)(H2,30,31,32). The van der Waals surface area contributed by atoms with E-state index in [4.69, 9.17) is 5.73 Å². The van der Waals surface area contributed by atoms with Gasteiger partial charge in [0.05, 0.1) is 12.0 Å². The molecule has 0 radical (unpaired) electrons. The predicted octanol–water partition coefficient (Wildman–Crippen LogP) is 2.58. The number of rotatable bonds is 9. The molecule has 0 aliphatic carbocycles. The lowest BCUT2D eigenvalue weighted by Crippen LogP contribution is -2.49. The Morgan fingerprint density at radius 2 is 1.84 bits per heavy atom. The first kappa shape index (κ1) is 25.2. The minimum absolute atomic E-state index is 0.0769. The number of nitrogens with two attached hydrogens (primary N) is 1. The first-order valence-corrected chi connectivity index (χ1v) is 12.5. The van der Waals surface area contributed by atoms with Crippen LogP contribution in [0, 0.1) is 0 Å². The number of nitrogens with one attached hydrogen (secondary N) is 2. The van der Waals surface area contributed by atoms with Crippen molar-refractivity contribution in [2.75, 3.05) is 41.7 Å². The molecule has 2 aromatic carbocycles. The molecule has 3 heterocycles. The van der Waals surface area contributed by atoms with Gasteiger partial charge in [0.1, 0.15) is 6.23 Å². The molecule has 0 saturated carbocycles. The number of carbonyl (C=O) groups is 1. The summed E-state index contributed by atoms with van der Waals surface area (Å²) in [6, 6.07) is 17.8. The van der Waals surface area contributed by atoms with Gasteiger partial charge in [-0.2, -0.15) is 0 Å². The highest BCUT2D eigenvalue weighted by atomic mass is 16.3. The fraction of sp³-hybridized carbons (Fsp3) is 0.259. The molecular weight excluding hydrogens is 482 g/mol. The second kappa shape index (κ2) is 11.3. The third-order valence-corrected chi connectivity index (χ3v) is 6.57. The number of primary amides is 1. The van der Waals surface area contributed by atoms with Crippen molar-refractivity contribution in [1.82, 2.24) is 24.6 Å². The summed E-state index contributed by atoms with van der Waals surface area (Å²) in [7, 11) is 0. The number of anilines is 4. The average molecular weight is 514 g/mol. The van der Waals surface area contributed by atoms with Gasteiger partial charge < -0.3 is 30.9 Å². The first-order valence-electron chi connectivity index (χ1n) is 12.5. The van der Waals surface area contributed by atoms with Crippen molar-refractivity contribution in [3.8, 4) is 5.69 Å². The Morgan fingerprint density at radius 1 is 1.05 bits per heavy atom. The van der Waals surface area contributed by atoms with Gasteiger partial charge in [0, 0.05) is 68.2 Å². The fourth-order valence-corrected chi connectivity index (χ4v) is 4.46. The Hall–Kier alpha value is -4.48. The van der Waals surface area contributed by atoms with Gasteiger partial charge in [-0.25, -0.2) is 4.98 Å². The Balaban J connectivity index is 1.26. The third-order valence-electron chi connectivity index (χ3n) is 6.57. The van der Waals surface area contributed by atoms with Crippen LogP contribution in [0.25, 0.3) is 5.69 Å². The third kappa shape index (κ3) is 5.90. The average Bonchev–Trinajstić information content (AvgIpc) is 3.48. The van der Waals surface area contributed by atoms with E-state index in [1.54, 1.807) is 25.5 Å². The smallest absolute Gasteiger partial charge is 0.271 e. The number of benzene rings is 2. The Morgan fingerprint density at radius 3 is 2.53 bits per heavy atom. The topological polar surface area (TPSA) is 137 Å². The summed E-state index contributed by atoms with van der Waals surface area (Å²) in [5.41, 5.74) is 10.1. The zero-order valence-corrected chi connectivity index (χ0v) is 21.2. The van der Waals surface area contributed by atoms with Gasteiger partial charge in [-0.15, -0.1) is 10.2 Å². The van der Waals surface area contributed by atoms with Crippen LogP contribution in [0.2, 0.25) is 0 Å². The van der Waals surface area contributed by atoms with Crippen LogP contribution < -0.4 is 21.3 Å². The number of aliphatic hydroxyl groups is 1. The van der Waals surface area contributed by atoms with Gasteiger partial charge in [0.25, 0.3) is 5.91 Å². The summed E-state index contributed by atoms with van der Waals surface area (Å²) in [4.78, 5) is 20.4. The maximum atomic E-state index is 12.0. The molecule has 1 aliphatic heterocycles. The van der Waals surface area contributed by atoms with E-state index in [0.717, 1.165) is 48.8 Å². The van der Waals surface area contributed by atoms with Crippen LogP contribution >= 0.6 is 0 Å². The molecule has 11 nitrogen and oxygen atoms in total. The quantitative estimate of drug-likeness (QED) is 0.266. The number of carbonyl (C=O) groups excluding carboxylic acids is 1. The molecule has 2 aromatic heterocycles. The molecule has 38 heavy (non-hydrogen) atoms. The van der Waals surface area contributed by atoms with E-state index in [1.807, 2.05) is 47.2 Å². The van der Waals surface area contributed by atoms with Gasteiger partial charge in [-0.05, 0) is 48.9 Å². The second-order valence-corrected chi connectivity index (χ2v) is 9.18. The van der Waals surface area contributed by atoms with Crippen molar-refractivity contribution in [1.29, 1.82) is 0 Å². The number of aromatic nitrogens is 4. The van der Waals surface area contributed by atoms with Crippen LogP contribution in [-0.2, 0) is 6.54 Å². The molecule has 1 atom stereocenters. The van der Waals surface area contributed by atoms with Gasteiger partial charge in [0.15, 0.2) is 11.5 Å². The van der Waals surface area contributed by atoms with Crippen LogP contribution in [0.5, 0.6) is 0 Å². The van der Waals surface area contributed by atoms with E-state index in [0.29, 0.717) is 18.1 Å². The Labute approximate surface area is 220 Å². The molecule has 1 aliphatic rings. The molecule has 196 valence electrons. The van der Waals surface area contributed by atoms with Gasteiger partial charge in [-0.3, -0.25) is 9.69 Å². The molecule has 1 amide bonds. The summed E-state index contributed by atoms with van der Waals surface area (Å²) in [6.45, 7) is 5.63. The zero-order valence-electron chi connectivity index (χ0n) is 21.2. The normalized spacial score (nSPS) is 14.7. The monoisotopic (exact) mass is 513 g/mol. The molecule has 11 heteroatoms. The highest BCUT2D eigenvalue weighted by Crippen LogP contribution is 2.24. The van der Waals surface area contributed by atoms with Crippen molar-refractivity contribution in [2.24, 2.45) is 5.73 Å². The van der Waals surface area contributed by atoms with Crippen LogP contribution in [0.4, 0.5) is 22.9 Å². The number of imidazole rings is 1. The number of piperazine rings is 1. The van der Waals surface area contributed by atoms with Gasteiger partial charge in [0.2, 0.25) is 0 Å². The minimum Gasteiger partial charge on any atom is -0.379 e. The lowest BCUT2D eigenvalue weighted by Gasteiger charge is -2.37. The maximum absolute atomic E-state index is 12.0.